The molecule has 2 aliphatic rings. The number of aryl methyl sites for hydroxylation is 1. The van der Waals surface area contributed by atoms with Crippen molar-refractivity contribution in [2.75, 3.05) is 7.05 Å². The van der Waals surface area contributed by atoms with Crippen molar-refractivity contribution in [2.45, 2.75) is 57.5 Å². The third-order valence-electron chi connectivity index (χ3n) is 5.38. The number of guanidine groups is 1. The summed E-state index contributed by atoms with van der Waals surface area (Å²) >= 11 is 0. The van der Waals surface area contributed by atoms with E-state index in [1.807, 2.05) is 26.4 Å². The van der Waals surface area contributed by atoms with E-state index in [-0.39, 0.29) is 24.0 Å². The normalized spacial score (nSPS) is 23.9. The largest absolute Gasteiger partial charge is 0.373 e. The van der Waals surface area contributed by atoms with Gasteiger partial charge in [0.25, 0.3) is 0 Å². The third kappa shape index (κ3) is 4.82. The van der Waals surface area contributed by atoms with Crippen LogP contribution in [0.15, 0.2) is 41.7 Å². The van der Waals surface area contributed by atoms with E-state index in [2.05, 4.69) is 49.4 Å². The molecule has 6 nitrogen and oxygen atoms in total. The lowest BCUT2D eigenvalue weighted by atomic mass is 9.96. The highest BCUT2D eigenvalue weighted by molar-refractivity contribution is 14.0. The van der Waals surface area contributed by atoms with Crippen LogP contribution in [0.2, 0.25) is 0 Å². The van der Waals surface area contributed by atoms with Gasteiger partial charge in [0.2, 0.25) is 0 Å². The molecule has 7 heteroatoms. The maximum atomic E-state index is 5.92. The molecule has 2 N–H and O–H groups in total. The molecule has 0 aliphatic carbocycles. The smallest absolute Gasteiger partial charge is 0.191 e. The summed E-state index contributed by atoms with van der Waals surface area (Å²) in [6, 6.07) is 9.03. The fraction of sp³-hybridized carbons (Fsp3) is 0.500. The van der Waals surface area contributed by atoms with Crippen LogP contribution in [0.1, 0.15) is 36.2 Å². The molecule has 0 saturated carbocycles. The van der Waals surface area contributed by atoms with Gasteiger partial charge in [-0.1, -0.05) is 24.3 Å². The van der Waals surface area contributed by atoms with Gasteiger partial charge in [-0.05, 0) is 37.3 Å². The highest BCUT2D eigenvalue weighted by Gasteiger charge is 2.41. The van der Waals surface area contributed by atoms with Crippen molar-refractivity contribution >= 4 is 29.9 Å². The molecule has 2 fully saturated rings. The van der Waals surface area contributed by atoms with Crippen LogP contribution in [0, 0.1) is 6.92 Å². The van der Waals surface area contributed by atoms with Gasteiger partial charge in [0.05, 0.1) is 18.2 Å². The Morgan fingerprint density at radius 2 is 2.19 bits per heavy atom. The molecule has 2 bridgehead atoms. The van der Waals surface area contributed by atoms with Gasteiger partial charge < -0.3 is 19.9 Å². The number of nitrogens with one attached hydrogen (secondary N) is 2. The summed E-state index contributed by atoms with van der Waals surface area (Å²) < 4.78 is 8.07. The Bertz CT molecular complexity index is 790. The molecule has 0 radical (unpaired) electrons. The molecule has 1 aromatic carbocycles. The number of hydrogen-bond donors (Lipinski definition) is 2. The van der Waals surface area contributed by atoms with Crippen molar-refractivity contribution in [3.63, 3.8) is 0 Å². The fourth-order valence-electron chi connectivity index (χ4n) is 3.95. The Balaban J connectivity index is 0.00000210. The maximum absolute atomic E-state index is 5.92. The van der Waals surface area contributed by atoms with Crippen LogP contribution in [0.4, 0.5) is 0 Å². The summed E-state index contributed by atoms with van der Waals surface area (Å²) in [5.74, 6) is 1.88. The molecule has 3 unspecified atom stereocenters. The quantitative estimate of drug-likeness (QED) is 0.392. The minimum atomic E-state index is 0. The van der Waals surface area contributed by atoms with Crippen LogP contribution in [0.3, 0.4) is 0 Å². The van der Waals surface area contributed by atoms with Gasteiger partial charge in [-0.25, -0.2) is 4.98 Å². The Labute approximate surface area is 177 Å². The third-order valence-corrected chi connectivity index (χ3v) is 5.38. The predicted octanol–water partition coefficient (Wildman–Crippen LogP) is 2.84. The minimum absolute atomic E-state index is 0. The first-order valence-corrected chi connectivity index (χ1v) is 9.39. The first-order valence-electron chi connectivity index (χ1n) is 9.39. The molecule has 2 saturated heterocycles. The van der Waals surface area contributed by atoms with Crippen molar-refractivity contribution in [1.82, 2.24) is 20.2 Å². The highest BCUT2D eigenvalue weighted by atomic mass is 127. The van der Waals surface area contributed by atoms with Gasteiger partial charge in [-0.3, -0.25) is 4.99 Å². The average molecular weight is 481 g/mol. The lowest BCUT2D eigenvalue weighted by Crippen LogP contribution is -2.47. The van der Waals surface area contributed by atoms with E-state index < -0.39 is 0 Å². The summed E-state index contributed by atoms with van der Waals surface area (Å²) in [5.41, 5.74) is 2.52. The molecule has 3 atom stereocenters. The molecule has 2 aliphatic heterocycles. The number of hydrogen-bond acceptors (Lipinski definition) is 3. The first-order chi connectivity index (χ1) is 12.7. The predicted molar refractivity (Wildman–Crippen MR) is 118 cm³/mol. The van der Waals surface area contributed by atoms with E-state index in [0.717, 1.165) is 37.7 Å². The summed E-state index contributed by atoms with van der Waals surface area (Å²) in [6.45, 7) is 3.62. The Morgan fingerprint density at radius 1 is 1.33 bits per heavy atom. The van der Waals surface area contributed by atoms with Crippen molar-refractivity contribution in [2.24, 2.45) is 4.99 Å². The molecule has 146 valence electrons. The van der Waals surface area contributed by atoms with E-state index in [9.17, 15) is 0 Å². The number of fused-ring (bicyclic) bond motifs is 2. The monoisotopic (exact) mass is 481 g/mol. The summed E-state index contributed by atoms with van der Waals surface area (Å²) in [4.78, 5) is 8.66. The second-order valence-electron chi connectivity index (χ2n) is 7.21. The lowest BCUT2D eigenvalue weighted by Gasteiger charge is -2.22. The van der Waals surface area contributed by atoms with E-state index in [4.69, 9.17) is 4.74 Å². The second-order valence-corrected chi connectivity index (χ2v) is 7.21. The molecule has 1 aromatic heterocycles. The number of ether oxygens (including phenoxy) is 1. The minimum Gasteiger partial charge on any atom is -0.373 e. The topological polar surface area (TPSA) is 63.5 Å². The van der Waals surface area contributed by atoms with Crippen LogP contribution in [0.5, 0.6) is 0 Å². The number of aromatic nitrogens is 2. The summed E-state index contributed by atoms with van der Waals surface area (Å²) in [6.07, 6.45) is 8.11. The van der Waals surface area contributed by atoms with Crippen molar-refractivity contribution < 1.29 is 4.74 Å². The van der Waals surface area contributed by atoms with Gasteiger partial charge in [0.1, 0.15) is 5.82 Å². The average Bonchev–Trinajstić information content (AvgIpc) is 3.37. The van der Waals surface area contributed by atoms with Gasteiger partial charge in [0, 0.05) is 32.5 Å². The van der Waals surface area contributed by atoms with Crippen LogP contribution in [-0.4, -0.2) is 40.8 Å². The molecular formula is C20H28IN5O. The zero-order chi connectivity index (χ0) is 17.9. The van der Waals surface area contributed by atoms with Gasteiger partial charge in [-0.2, -0.15) is 0 Å². The summed E-state index contributed by atoms with van der Waals surface area (Å²) in [5, 5.41) is 6.96. The van der Waals surface area contributed by atoms with E-state index in [0.29, 0.717) is 18.2 Å². The van der Waals surface area contributed by atoms with Gasteiger partial charge in [0.15, 0.2) is 5.96 Å². The van der Waals surface area contributed by atoms with Crippen molar-refractivity contribution in [1.29, 1.82) is 0 Å². The highest BCUT2D eigenvalue weighted by Crippen LogP contribution is 2.34. The number of halogens is 1. The SMILES string of the molecule is CN=C(NCc1cccc(Cn2ccnc2C)c1)NC1CC2CCC1O2.I. The number of benzene rings is 1. The van der Waals surface area contributed by atoms with E-state index in [1.54, 1.807) is 0 Å². The molecule has 0 amide bonds. The summed E-state index contributed by atoms with van der Waals surface area (Å²) in [7, 11) is 1.82. The van der Waals surface area contributed by atoms with E-state index in [1.165, 1.54) is 17.5 Å². The maximum Gasteiger partial charge on any atom is 0.191 e. The Kier molecular flexibility index (Phi) is 6.75. The van der Waals surface area contributed by atoms with Gasteiger partial charge in [-0.15, -0.1) is 24.0 Å². The molecular weight excluding hydrogens is 453 g/mol. The van der Waals surface area contributed by atoms with Crippen LogP contribution in [-0.2, 0) is 17.8 Å². The lowest BCUT2D eigenvalue weighted by molar-refractivity contribution is 0.0992. The van der Waals surface area contributed by atoms with Crippen molar-refractivity contribution in [3.8, 4) is 0 Å². The number of rotatable bonds is 5. The van der Waals surface area contributed by atoms with Gasteiger partial charge >= 0.3 is 0 Å². The zero-order valence-corrected chi connectivity index (χ0v) is 18.2. The zero-order valence-electron chi connectivity index (χ0n) is 15.9. The molecule has 4 rings (SSSR count). The fourth-order valence-corrected chi connectivity index (χ4v) is 3.95. The first kappa shape index (κ1) is 20.1. The number of aliphatic imine (C=N–C) groups is 1. The molecule has 27 heavy (non-hydrogen) atoms. The molecule has 2 aromatic rings. The molecule has 3 heterocycles. The Hall–Kier alpha value is -1.61. The van der Waals surface area contributed by atoms with E-state index >= 15 is 0 Å². The van der Waals surface area contributed by atoms with Crippen LogP contribution < -0.4 is 10.6 Å². The van der Waals surface area contributed by atoms with Crippen LogP contribution >= 0.6 is 24.0 Å². The number of imidazole rings is 1. The van der Waals surface area contributed by atoms with Crippen molar-refractivity contribution in [3.05, 3.63) is 53.6 Å². The number of nitrogens with zero attached hydrogens (tertiary/aromatic N) is 3. The van der Waals surface area contributed by atoms with Crippen LogP contribution in [0.25, 0.3) is 0 Å². The molecule has 0 spiro atoms. The Morgan fingerprint density at radius 3 is 2.85 bits per heavy atom. The second kappa shape index (κ2) is 9.05. The standard InChI is InChI=1S/C20H27N5O.HI/c1-14-22-8-9-25(14)13-16-5-3-4-15(10-16)12-23-20(21-2)24-18-11-17-6-7-19(18)26-17;/h3-5,8-10,17-19H,6-7,11-13H2,1-2H3,(H2,21,23,24);1H.